The minimum atomic E-state index is -5.96. The van der Waals surface area contributed by atoms with E-state index in [0.29, 0.717) is 0 Å². The van der Waals surface area contributed by atoms with Crippen molar-refractivity contribution in [1.82, 2.24) is 0 Å². The van der Waals surface area contributed by atoms with Crippen LogP contribution in [0.5, 0.6) is 5.75 Å². The zero-order valence-corrected chi connectivity index (χ0v) is 13.8. The lowest BCUT2D eigenvalue weighted by atomic mass is 10.1. The molecule has 7 nitrogen and oxygen atoms in total. The summed E-state index contributed by atoms with van der Waals surface area (Å²) in [5.74, 6) is -2.67. The molecule has 11 heteroatoms. The Morgan fingerprint density at radius 3 is 2.40 bits per heavy atom. The quantitative estimate of drug-likeness (QED) is 0.322. The monoisotopic (exact) mass is 382 g/mol. The molecule has 138 valence electrons. The Labute approximate surface area is 141 Å². The van der Waals surface area contributed by atoms with Crippen molar-refractivity contribution in [1.29, 1.82) is 0 Å². The van der Waals surface area contributed by atoms with Gasteiger partial charge in [0.15, 0.2) is 5.75 Å². The van der Waals surface area contributed by atoms with Gasteiger partial charge in [0.2, 0.25) is 0 Å². The predicted molar refractivity (Wildman–Crippen MR) is 79.1 cm³/mol. The lowest BCUT2D eigenvalue weighted by Crippen LogP contribution is -2.28. The number of alkyl halides is 3. The molecule has 0 bridgehead atoms. The summed E-state index contributed by atoms with van der Waals surface area (Å²) in [6, 6.07) is 2.98. The minimum absolute atomic E-state index is 0.138. The van der Waals surface area contributed by atoms with Crippen LogP contribution in [0.3, 0.4) is 0 Å². The Balaban J connectivity index is 3.24. The normalized spacial score (nSPS) is 12.0. The highest BCUT2D eigenvalue weighted by Crippen LogP contribution is 2.30. The standard InChI is InChI=1S/C14H13F3O7S/c1-3-23-12(18)7-5-9-4-6-11(10(8-9)13(19)22-2)24-25(20,21)14(15,16)17/h4-8H,3H2,1-2H3/b7-5+. The largest absolute Gasteiger partial charge is 0.534 e. The summed E-state index contributed by atoms with van der Waals surface area (Å²) >= 11 is 0. The molecule has 0 radical (unpaired) electrons. The number of hydrogen-bond acceptors (Lipinski definition) is 7. The summed E-state index contributed by atoms with van der Waals surface area (Å²) in [6.45, 7) is 1.73. The second kappa shape index (κ2) is 8.01. The van der Waals surface area contributed by atoms with E-state index in [1.807, 2.05) is 0 Å². The molecule has 1 aromatic rings. The van der Waals surface area contributed by atoms with Crippen molar-refractivity contribution in [3.05, 3.63) is 35.4 Å². The van der Waals surface area contributed by atoms with Crippen LogP contribution < -0.4 is 4.18 Å². The number of ether oxygens (including phenoxy) is 2. The second-order valence-electron chi connectivity index (χ2n) is 4.32. The second-order valence-corrected chi connectivity index (χ2v) is 5.85. The average Bonchev–Trinajstić information content (AvgIpc) is 2.52. The van der Waals surface area contributed by atoms with E-state index < -0.39 is 38.9 Å². The number of hydrogen-bond donors (Lipinski definition) is 0. The first kappa shape index (κ1) is 20.5. The zero-order valence-electron chi connectivity index (χ0n) is 13.0. The third-order valence-corrected chi connectivity index (χ3v) is 3.56. The minimum Gasteiger partial charge on any atom is -0.465 e. The number of carbonyl (C=O) groups excluding carboxylic acids is 2. The molecule has 0 spiro atoms. The summed E-state index contributed by atoms with van der Waals surface area (Å²) in [4.78, 5) is 22.9. The topological polar surface area (TPSA) is 96.0 Å². The van der Waals surface area contributed by atoms with Gasteiger partial charge in [-0.1, -0.05) is 6.07 Å². The fourth-order valence-electron chi connectivity index (χ4n) is 1.51. The Morgan fingerprint density at radius 2 is 1.88 bits per heavy atom. The van der Waals surface area contributed by atoms with Crippen LogP contribution in [0.25, 0.3) is 6.08 Å². The van der Waals surface area contributed by atoms with E-state index in [2.05, 4.69) is 13.7 Å². The molecule has 0 fully saturated rings. The Hall–Kier alpha value is -2.56. The fraction of sp³-hybridized carbons (Fsp3) is 0.286. The molecule has 0 N–H and O–H groups in total. The van der Waals surface area contributed by atoms with E-state index in [0.717, 1.165) is 31.4 Å². The van der Waals surface area contributed by atoms with Crippen LogP contribution in [0, 0.1) is 0 Å². The fourth-order valence-corrected chi connectivity index (χ4v) is 1.99. The van der Waals surface area contributed by atoms with E-state index >= 15 is 0 Å². The summed E-state index contributed by atoms with van der Waals surface area (Å²) in [5, 5.41) is 0. The molecule has 0 aliphatic heterocycles. The van der Waals surface area contributed by atoms with Gasteiger partial charge in [-0.2, -0.15) is 21.6 Å². The molecule has 0 amide bonds. The van der Waals surface area contributed by atoms with Crippen molar-refractivity contribution < 1.29 is 44.8 Å². The third kappa shape index (κ3) is 5.48. The van der Waals surface area contributed by atoms with E-state index in [1.165, 1.54) is 6.08 Å². The first-order chi connectivity index (χ1) is 11.5. The molecular formula is C14H13F3O7S. The highest BCUT2D eigenvalue weighted by Gasteiger charge is 2.49. The average molecular weight is 382 g/mol. The van der Waals surface area contributed by atoms with E-state index in [1.54, 1.807) is 6.92 Å². The lowest BCUT2D eigenvalue weighted by Gasteiger charge is -2.12. The van der Waals surface area contributed by atoms with Crippen LogP contribution in [0.2, 0.25) is 0 Å². The SMILES string of the molecule is CCOC(=O)/C=C/c1ccc(OS(=O)(=O)C(F)(F)F)c(C(=O)OC)c1. The molecule has 0 unspecified atom stereocenters. The first-order valence-corrected chi connectivity index (χ1v) is 8.00. The maximum atomic E-state index is 12.4. The van der Waals surface area contributed by atoms with E-state index in [-0.39, 0.29) is 12.2 Å². The Kier molecular flexibility index (Phi) is 6.56. The smallest absolute Gasteiger partial charge is 0.465 e. The van der Waals surface area contributed by atoms with Crippen molar-refractivity contribution >= 4 is 28.1 Å². The maximum Gasteiger partial charge on any atom is 0.534 e. The van der Waals surface area contributed by atoms with Gasteiger partial charge >= 0.3 is 27.6 Å². The van der Waals surface area contributed by atoms with Crippen LogP contribution >= 0.6 is 0 Å². The van der Waals surface area contributed by atoms with Gasteiger partial charge in [-0.05, 0) is 30.7 Å². The number of methoxy groups -OCH3 is 1. The number of carbonyl (C=O) groups is 2. The molecule has 25 heavy (non-hydrogen) atoms. The predicted octanol–water partition coefficient (Wildman–Crippen LogP) is 2.28. The number of halogens is 3. The summed E-state index contributed by atoms with van der Waals surface area (Å²) < 4.78 is 72.4. The molecule has 0 saturated carbocycles. The van der Waals surface area contributed by atoms with Crippen molar-refractivity contribution in [2.45, 2.75) is 12.4 Å². The van der Waals surface area contributed by atoms with Gasteiger partial charge in [0.25, 0.3) is 0 Å². The first-order valence-electron chi connectivity index (χ1n) is 6.59. The molecule has 1 rings (SSSR count). The van der Waals surface area contributed by atoms with Crippen LogP contribution in [-0.4, -0.2) is 39.6 Å². The Morgan fingerprint density at radius 1 is 1.24 bits per heavy atom. The number of esters is 2. The van der Waals surface area contributed by atoms with Gasteiger partial charge < -0.3 is 13.7 Å². The summed E-state index contributed by atoms with van der Waals surface area (Å²) in [5.41, 5.74) is -6.03. The zero-order chi connectivity index (χ0) is 19.3. The van der Waals surface area contributed by atoms with Crippen molar-refractivity contribution in [3.8, 4) is 5.75 Å². The van der Waals surface area contributed by atoms with Crippen LogP contribution in [0.1, 0.15) is 22.8 Å². The molecule has 0 saturated heterocycles. The van der Waals surface area contributed by atoms with E-state index in [9.17, 15) is 31.2 Å². The van der Waals surface area contributed by atoms with E-state index in [4.69, 9.17) is 0 Å². The van der Waals surface area contributed by atoms with Crippen LogP contribution in [-0.2, 0) is 24.4 Å². The van der Waals surface area contributed by atoms with Gasteiger partial charge in [0, 0.05) is 6.08 Å². The van der Waals surface area contributed by atoms with Crippen molar-refractivity contribution in [2.75, 3.05) is 13.7 Å². The molecule has 1 aromatic carbocycles. The number of benzene rings is 1. The van der Waals surface area contributed by atoms with Gasteiger partial charge in [-0.15, -0.1) is 0 Å². The lowest BCUT2D eigenvalue weighted by molar-refractivity contribution is -0.137. The van der Waals surface area contributed by atoms with Crippen LogP contribution in [0.15, 0.2) is 24.3 Å². The Bertz CT molecular complexity index is 782. The molecule has 0 aliphatic carbocycles. The van der Waals surface area contributed by atoms with Gasteiger partial charge in [-0.3, -0.25) is 0 Å². The van der Waals surface area contributed by atoms with Gasteiger partial charge in [0.1, 0.15) is 5.56 Å². The van der Waals surface area contributed by atoms with Crippen molar-refractivity contribution in [3.63, 3.8) is 0 Å². The molecule has 0 atom stereocenters. The van der Waals surface area contributed by atoms with Gasteiger partial charge in [-0.25, -0.2) is 9.59 Å². The highest BCUT2D eigenvalue weighted by atomic mass is 32.2. The summed E-state index contributed by atoms with van der Waals surface area (Å²) in [7, 11) is -5.01. The van der Waals surface area contributed by atoms with Crippen molar-refractivity contribution in [2.24, 2.45) is 0 Å². The molecule has 0 heterocycles. The molecular weight excluding hydrogens is 369 g/mol. The third-order valence-electron chi connectivity index (χ3n) is 2.59. The molecule has 0 aromatic heterocycles. The number of rotatable bonds is 6. The summed E-state index contributed by atoms with van der Waals surface area (Å²) in [6.07, 6.45) is 2.24. The maximum absolute atomic E-state index is 12.4. The highest BCUT2D eigenvalue weighted by molar-refractivity contribution is 7.88. The van der Waals surface area contributed by atoms with Crippen LogP contribution in [0.4, 0.5) is 13.2 Å². The van der Waals surface area contributed by atoms with Gasteiger partial charge in [0.05, 0.1) is 13.7 Å². The molecule has 0 aliphatic rings.